The van der Waals surface area contributed by atoms with Crippen molar-refractivity contribution < 1.29 is 4.79 Å². The lowest BCUT2D eigenvalue weighted by molar-refractivity contribution is -0.120. The minimum absolute atomic E-state index is 0.532. The highest BCUT2D eigenvalue weighted by Gasteiger charge is 2.17. The number of carbonyl (C=O) groups is 1. The summed E-state index contributed by atoms with van der Waals surface area (Å²) in [4.78, 5) is 12.0. The summed E-state index contributed by atoms with van der Waals surface area (Å²) in [7, 11) is 0. The minimum Gasteiger partial charge on any atom is -0.300 e. The first-order valence-electron chi connectivity index (χ1n) is 12.5. The summed E-state index contributed by atoms with van der Waals surface area (Å²) < 4.78 is 0. The highest BCUT2D eigenvalue weighted by atomic mass is 35.5. The standard InChI is InChI=1S/C27H43ClO/c28-26-21-19-24(20-22-26)15-11-9-7-5-3-1-2-4-6-8-10-12-18-27(29)23-25-16-13-14-17-25/h19-22,25H,1-18,23H2. The van der Waals surface area contributed by atoms with Gasteiger partial charge in [-0.05, 0) is 42.9 Å². The SMILES string of the molecule is O=C(CCCCCCCCCCCCCCc1ccc(Cl)cc1)CC1CCCC1. The number of aryl methyl sites for hydroxylation is 1. The predicted octanol–water partition coefficient (Wildman–Crippen LogP) is 9.10. The average molecular weight is 419 g/mol. The fraction of sp³-hybridized carbons (Fsp3) is 0.741. The van der Waals surface area contributed by atoms with Crippen LogP contribution >= 0.6 is 11.6 Å². The lowest BCUT2D eigenvalue weighted by atomic mass is 9.97. The van der Waals surface area contributed by atoms with Crippen LogP contribution in [-0.4, -0.2) is 5.78 Å². The van der Waals surface area contributed by atoms with Crippen molar-refractivity contribution in [2.24, 2.45) is 5.92 Å². The molecule has 0 heterocycles. The van der Waals surface area contributed by atoms with Gasteiger partial charge in [0.15, 0.2) is 0 Å². The minimum atomic E-state index is 0.532. The Bertz CT molecular complexity index is 530. The topological polar surface area (TPSA) is 17.1 Å². The maximum absolute atomic E-state index is 12.0. The van der Waals surface area contributed by atoms with Gasteiger partial charge >= 0.3 is 0 Å². The van der Waals surface area contributed by atoms with Gasteiger partial charge < -0.3 is 0 Å². The third-order valence-electron chi connectivity index (χ3n) is 6.58. The Kier molecular flexibility index (Phi) is 13.4. The van der Waals surface area contributed by atoms with Gasteiger partial charge in [0.1, 0.15) is 5.78 Å². The van der Waals surface area contributed by atoms with Crippen molar-refractivity contribution in [2.75, 3.05) is 0 Å². The molecule has 29 heavy (non-hydrogen) atoms. The zero-order valence-corrected chi connectivity index (χ0v) is 19.4. The zero-order chi connectivity index (χ0) is 20.6. The molecule has 2 heteroatoms. The van der Waals surface area contributed by atoms with Gasteiger partial charge in [0.25, 0.3) is 0 Å². The first-order chi connectivity index (χ1) is 14.2. The van der Waals surface area contributed by atoms with E-state index in [-0.39, 0.29) is 0 Å². The first-order valence-corrected chi connectivity index (χ1v) is 12.9. The quantitative estimate of drug-likeness (QED) is 0.230. The van der Waals surface area contributed by atoms with Crippen molar-refractivity contribution in [3.05, 3.63) is 34.9 Å². The van der Waals surface area contributed by atoms with Crippen molar-refractivity contribution in [2.45, 2.75) is 122 Å². The molecule has 0 amide bonds. The van der Waals surface area contributed by atoms with Crippen LogP contribution in [0.3, 0.4) is 0 Å². The number of carbonyl (C=O) groups excluding carboxylic acids is 1. The van der Waals surface area contributed by atoms with E-state index in [9.17, 15) is 4.79 Å². The van der Waals surface area contributed by atoms with Crippen LogP contribution in [0.25, 0.3) is 0 Å². The summed E-state index contributed by atoms with van der Waals surface area (Å²) in [6.07, 6.45) is 24.3. The maximum atomic E-state index is 12.0. The van der Waals surface area contributed by atoms with E-state index in [1.807, 2.05) is 12.1 Å². The Balaban J connectivity index is 1.27. The molecular formula is C27H43ClO. The van der Waals surface area contributed by atoms with Crippen LogP contribution in [-0.2, 0) is 11.2 Å². The fourth-order valence-electron chi connectivity index (χ4n) is 4.71. The molecular weight excluding hydrogens is 376 g/mol. The molecule has 0 radical (unpaired) electrons. The smallest absolute Gasteiger partial charge is 0.133 e. The summed E-state index contributed by atoms with van der Waals surface area (Å²) in [5, 5.41) is 0.832. The second-order valence-electron chi connectivity index (χ2n) is 9.26. The van der Waals surface area contributed by atoms with Crippen LogP contribution in [0.2, 0.25) is 5.02 Å². The molecule has 0 N–H and O–H groups in total. The number of Topliss-reactive ketones (excluding diaryl/α,β-unsaturated/α-hetero) is 1. The molecule has 164 valence electrons. The van der Waals surface area contributed by atoms with E-state index < -0.39 is 0 Å². The fourth-order valence-corrected chi connectivity index (χ4v) is 4.83. The monoisotopic (exact) mass is 418 g/mol. The van der Waals surface area contributed by atoms with Crippen LogP contribution in [0.5, 0.6) is 0 Å². The number of ketones is 1. The van der Waals surface area contributed by atoms with Crippen LogP contribution in [0, 0.1) is 5.92 Å². The number of benzene rings is 1. The van der Waals surface area contributed by atoms with E-state index in [0.29, 0.717) is 5.78 Å². The molecule has 1 fully saturated rings. The molecule has 2 rings (SSSR count). The molecule has 1 aromatic carbocycles. The van der Waals surface area contributed by atoms with Crippen LogP contribution in [0.1, 0.15) is 121 Å². The van der Waals surface area contributed by atoms with Crippen molar-refractivity contribution >= 4 is 17.4 Å². The predicted molar refractivity (Wildman–Crippen MR) is 127 cm³/mol. The molecule has 0 saturated heterocycles. The molecule has 0 unspecified atom stereocenters. The number of hydrogen-bond acceptors (Lipinski definition) is 1. The van der Waals surface area contributed by atoms with E-state index in [2.05, 4.69) is 12.1 Å². The van der Waals surface area contributed by atoms with Crippen molar-refractivity contribution in [1.29, 1.82) is 0 Å². The highest BCUT2D eigenvalue weighted by Crippen LogP contribution is 2.28. The Morgan fingerprint density at radius 2 is 1.21 bits per heavy atom. The molecule has 1 saturated carbocycles. The van der Waals surface area contributed by atoms with Gasteiger partial charge in [-0.15, -0.1) is 0 Å². The van der Waals surface area contributed by atoms with Crippen LogP contribution in [0.4, 0.5) is 0 Å². The van der Waals surface area contributed by atoms with E-state index >= 15 is 0 Å². The van der Waals surface area contributed by atoms with Gasteiger partial charge in [0.05, 0.1) is 0 Å². The molecule has 0 bridgehead atoms. The Labute approximate surface area is 185 Å². The van der Waals surface area contributed by atoms with Crippen LogP contribution < -0.4 is 0 Å². The van der Waals surface area contributed by atoms with Gasteiger partial charge in [-0.25, -0.2) is 0 Å². The summed E-state index contributed by atoms with van der Waals surface area (Å²) in [5.41, 5.74) is 1.41. The molecule has 1 aliphatic carbocycles. The zero-order valence-electron chi connectivity index (χ0n) is 18.6. The lowest BCUT2D eigenvalue weighted by Gasteiger charge is -2.07. The maximum Gasteiger partial charge on any atom is 0.133 e. The van der Waals surface area contributed by atoms with E-state index in [1.54, 1.807) is 0 Å². The normalized spacial score (nSPS) is 14.5. The van der Waals surface area contributed by atoms with Crippen LogP contribution in [0.15, 0.2) is 24.3 Å². The largest absolute Gasteiger partial charge is 0.300 e. The third-order valence-corrected chi connectivity index (χ3v) is 6.83. The Morgan fingerprint density at radius 1 is 0.724 bits per heavy atom. The number of halogens is 1. The van der Waals surface area contributed by atoms with Crippen molar-refractivity contribution in [3.63, 3.8) is 0 Å². The summed E-state index contributed by atoms with van der Waals surface area (Å²) in [5.74, 6) is 1.26. The summed E-state index contributed by atoms with van der Waals surface area (Å²) in [6.45, 7) is 0. The number of unbranched alkanes of at least 4 members (excludes halogenated alkanes) is 11. The first kappa shape index (κ1) is 24.4. The Morgan fingerprint density at radius 3 is 1.76 bits per heavy atom. The van der Waals surface area contributed by atoms with E-state index in [0.717, 1.165) is 30.2 Å². The average Bonchev–Trinajstić information content (AvgIpc) is 3.22. The highest BCUT2D eigenvalue weighted by molar-refractivity contribution is 6.30. The lowest BCUT2D eigenvalue weighted by Crippen LogP contribution is -2.04. The second kappa shape index (κ2) is 15.9. The number of hydrogen-bond donors (Lipinski definition) is 0. The second-order valence-corrected chi connectivity index (χ2v) is 9.70. The molecule has 1 aromatic rings. The molecule has 1 aliphatic rings. The molecule has 0 atom stereocenters. The summed E-state index contributed by atoms with van der Waals surface area (Å²) in [6, 6.07) is 8.29. The van der Waals surface area contributed by atoms with Gasteiger partial charge in [-0.2, -0.15) is 0 Å². The van der Waals surface area contributed by atoms with E-state index in [1.165, 1.54) is 108 Å². The van der Waals surface area contributed by atoms with E-state index in [4.69, 9.17) is 11.6 Å². The van der Waals surface area contributed by atoms with Gasteiger partial charge in [0.2, 0.25) is 0 Å². The molecule has 1 nitrogen and oxygen atoms in total. The molecule has 0 aromatic heterocycles. The number of rotatable bonds is 17. The van der Waals surface area contributed by atoms with Crippen molar-refractivity contribution in [1.82, 2.24) is 0 Å². The third kappa shape index (κ3) is 12.5. The Hall–Kier alpha value is -0.820. The van der Waals surface area contributed by atoms with Gasteiger partial charge in [-0.3, -0.25) is 4.79 Å². The van der Waals surface area contributed by atoms with Gasteiger partial charge in [0, 0.05) is 17.9 Å². The molecule has 0 aliphatic heterocycles. The summed E-state index contributed by atoms with van der Waals surface area (Å²) >= 11 is 5.92. The van der Waals surface area contributed by atoms with Gasteiger partial charge in [-0.1, -0.05) is 114 Å². The van der Waals surface area contributed by atoms with Crippen molar-refractivity contribution in [3.8, 4) is 0 Å². The molecule has 0 spiro atoms.